The van der Waals surface area contributed by atoms with Crippen molar-refractivity contribution in [3.8, 4) is 0 Å². The van der Waals surface area contributed by atoms with Gasteiger partial charge in [0.2, 0.25) is 0 Å². The molecule has 110 valence electrons. The van der Waals surface area contributed by atoms with E-state index in [0.29, 0.717) is 16.4 Å². The van der Waals surface area contributed by atoms with Crippen molar-refractivity contribution in [2.75, 3.05) is 9.80 Å². The van der Waals surface area contributed by atoms with Crippen LogP contribution in [0.25, 0.3) is 0 Å². The third kappa shape index (κ3) is 2.38. The molecule has 2 aromatic rings. The number of hydrogen-bond donors (Lipinski definition) is 1. The molecule has 0 unspecified atom stereocenters. The van der Waals surface area contributed by atoms with Crippen molar-refractivity contribution >= 4 is 52.0 Å². The van der Waals surface area contributed by atoms with Gasteiger partial charge in [-0.25, -0.2) is 14.6 Å². The van der Waals surface area contributed by atoms with E-state index in [1.807, 2.05) is 31.2 Å². The summed E-state index contributed by atoms with van der Waals surface area (Å²) in [5.41, 5.74) is 2.31. The summed E-state index contributed by atoms with van der Waals surface area (Å²) in [5.74, 6) is -0.0112. The molecule has 0 saturated carbocycles. The number of amides is 2. The number of urea groups is 1. The summed E-state index contributed by atoms with van der Waals surface area (Å²) >= 11 is 11.1. The SMILES string of the molecule is Cc1ccc(N2C(=O)N(c3ccc(Cl)cc3)C(=N)C2=S)cc1. The Morgan fingerprint density at radius 1 is 0.955 bits per heavy atom. The molecule has 4 nitrogen and oxygen atoms in total. The minimum Gasteiger partial charge on any atom is -0.281 e. The summed E-state index contributed by atoms with van der Waals surface area (Å²) < 4.78 is 0. The molecule has 1 saturated heterocycles. The lowest BCUT2D eigenvalue weighted by Gasteiger charge is -2.17. The van der Waals surface area contributed by atoms with Gasteiger partial charge in [-0.3, -0.25) is 5.41 Å². The lowest BCUT2D eigenvalue weighted by molar-refractivity contribution is 0.257. The highest BCUT2D eigenvalue weighted by atomic mass is 35.5. The molecule has 1 N–H and O–H groups in total. The van der Waals surface area contributed by atoms with Crippen molar-refractivity contribution in [3.63, 3.8) is 0 Å². The molecule has 0 spiro atoms. The largest absolute Gasteiger partial charge is 0.340 e. The molecular weight excluding hydrogens is 318 g/mol. The molecule has 1 aliphatic rings. The third-order valence-electron chi connectivity index (χ3n) is 3.39. The molecule has 1 aliphatic heterocycles. The number of carbonyl (C=O) groups is 1. The van der Waals surface area contributed by atoms with Crippen molar-refractivity contribution in [3.05, 3.63) is 59.1 Å². The molecule has 0 bridgehead atoms. The van der Waals surface area contributed by atoms with Crippen molar-refractivity contribution in [1.29, 1.82) is 5.41 Å². The van der Waals surface area contributed by atoms with Crippen LogP contribution in [0.1, 0.15) is 5.56 Å². The van der Waals surface area contributed by atoms with E-state index in [4.69, 9.17) is 29.2 Å². The van der Waals surface area contributed by atoms with Gasteiger partial charge in [0, 0.05) is 5.02 Å². The van der Waals surface area contributed by atoms with E-state index in [0.717, 1.165) is 5.56 Å². The number of hydrogen-bond acceptors (Lipinski definition) is 3. The summed E-state index contributed by atoms with van der Waals surface area (Å²) in [6.45, 7) is 1.97. The van der Waals surface area contributed by atoms with Crippen LogP contribution in [0, 0.1) is 12.3 Å². The molecule has 0 aliphatic carbocycles. The number of carbonyl (C=O) groups excluding carboxylic acids is 1. The Labute approximate surface area is 138 Å². The first-order valence-electron chi connectivity index (χ1n) is 6.58. The molecular formula is C16H12ClN3OS. The fraction of sp³-hybridized carbons (Fsp3) is 0.0625. The first-order chi connectivity index (χ1) is 10.5. The number of thiocarbonyl (C=S) groups is 1. The number of nitrogens with one attached hydrogen (secondary N) is 1. The van der Waals surface area contributed by atoms with E-state index in [-0.39, 0.29) is 16.9 Å². The van der Waals surface area contributed by atoms with Crippen LogP contribution in [-0.2, 0) is 0 Å². The smallest absolute Gasteiger partial charge is 0.281 e. The van der Waals surface area contributed by atoms with Crippen LogP contribution < -0.4 is 9.80 Å². The average Bonchev–Trinajstić information content (AvgIpc) is 2.72. The van der Waals surface area contributed by atoms with Gasteiger partial charge in [-0.05, 0) is 43.3 Å². The van der Waals surface area contributed by atoms with Gasteiger partial charge in [-0.2, -0.15) is 0 Å². The predicted octanol–water partition coefficient (Wildman–Crippen LogP) is 4.40. The number of benzene rings is 2. The number of anilines is 2. The third-order valence-corrected chi connectivity index (χ3v) is 4.02. The fourth-order valence-corrected chi connectivity index (χ4v) is 2.64. The second-order valence-electron chi connectivity index (χ2n) is 4.92. The number of nitrogens with zero attached hydrogens (tertiary/aromatic N) is 2. The van der Waals surface area contributed by atoms with Crippen LogP contribution >= 0.6 is 23.8 Å². The topological polar surface area (TPSA) is 47.4 Å². The number of rotatable bonds is 2. The van der Waals surface area contributed by atoms with Gasteiger partial charge in [0.05, 0.1) is 11.4 Å². The van der Waals surface area contributed by atoms with Crippen molar-refractivity contribution in [2.24, 2.45) is 0 Å². The lowest BCUT2D eigenvalue weighted by atomic mass is 10.2. The Balaban J connectivity index is 2.00. The van der Waals surface area contributed by atoms with Gasteiger partial charge in [-0.15, -0.1) is 0 Å². The minimum atomic E-state index is -0.360. The first-order valence-corrected chi connectivity index (χ1v) is 7.37. The molecule has 2 amide bonds. The standard InChI is InChI=1S/C16H12ClN3OS/c1-10-2-6-13(7-3-10)20-15(22)14(18)19(16(20)21)12-8-4-11(17)5-9-12/h2-9,18H,1H3. The first kappa shape index (κ1) is 14.7. The summed E-state index contributed by atoms with van der Waals surface area (Å²) in [6, 6.07) is 13.8. The Morgan fingerprint density at radius 3 is 2.05 bits per heavy atom. The Hall–Kier alpha value is -2.24. The van der Waals surface area contributed by atoms with Gasteiger partial charge in [0.1, 0.15) is 0 Å². The van der Waals surface area contributed by atoms with Gasteiger partial charge >= 0.3 is 6.03 Å². The van der Waals surface area contributed by atoms with Crippen LogP contribution in [0.5, 0.6) is 0 Å². The van der Waals surface area contributed by atoms with E-state index < -0.39 is 0 Å². The van der Waals surface area contributed by atoms with Crippen LogP contribution in [0.2, 0.25) is 5.02 Å². The molecule has 2 aromatic carbocycles. The van der Waals surface area contributed by atoms with Gasteiger partial charge in [-0.1, -0.05) is 41.5 Å². The zero-order valence-electron chi connectivity index (χ0n) is 11.7. The lowest BCUT2D eigenvalue weighted by Crippen LogP contribution is -2.33. The molecule has 1 fully saturated rings. The van der Waals surface area contributed by atoms with E-state index in [2.05, 4.69) is 0 Å². The molecule has 0 radical (unpaired) electrons. The molecule has 1 heterocycles. The monoisotopic (exact) mass is 329 g/mol. The summed E-state index contributed by atoms with van der Waals surface area (Å²) in [7, 11) is 0. The minimum absolute atomic E-state index is 0.0112. The second-order valence-corrected chi connectivity index (χ2v) is 5.74. The van der Waals surface area contributed by atoms with Crippen LogP contribution in [0.15, 0.2) is 48.5 Å². The maximum Gasteiger partial charge on any atom is 0.340 e. The molecule has 3 rings (SSSR count). The van der Waals surface area contributed by atoms with Gasteiger partial charge < -0.3 is 0 Å². The number of aryl methyl sites for hydroxylation is 1. The maximum atomic E-state index is 12.7. The highest BCUT2D eigenvalue weighted by Gasteiger charge is 2.40. The molecule has 0 aromatic heterocycles. The van der Waals surface area contributed by atoms with E-state index in [1.165, 1.54) is 9.80 Å². The van der Waals surface area contributed by atoms with E-state index in [9.17, 15) is 4.79 Å². The Kier molecular flexibility index (Phi) is 3.68. The normalized spacial score (nSPS) is 14.9. The van der Waals surface area contributed by atoms with Crippen molar-refractivity contribution in [1.82, 2.24) is 0 Å². The summed E-state index contributed by atoms with van der Waals surface area (Å²) in [4.78, 5) is 15.5. The maximum absolute atomic E-state index is 12.7. The molecule has 6 heteroatoms. The number of amidine groups is 1. The van der Waals surface area contributed by atoms with E-state index >= 15 is 0 Å². The zero-order valence-corrected chi connectivity index (χ0v) is 13.3. The second kappa shape index (κ2) is 5.51. The van der Waals surface area contributed by atoms with Crippen LogP contribution in [-0.4, -0.2) is 16.9 Å². The van der Waals surface area contributed by atoms with Crippen LogP contribution in [0.4, 0.5) is 16.2 Å². The predicted molar refractivity (Wildman–Crippen MR) is 93.3 cm³/mol. The zero-order chi connectivity index (χ0) is 15.9. The van der Waals surface area contributed by atoms with Crippen LogP contribution in [0.3, 0.4) is 0 Å². The quantitative estimate of drug-likeness (QED) is 0.830. The van der Waals surface area contributed by atoms with Gasteiger partial charge in [0.15, 0.2) is 10.8 Å². The average molecular weight is 330 g/mol. The number of halogens is 1. The van der Waals surface area contributed by atoms with Crippen molar-refractivity contribution in [2.45, 2.75) is 6.92 Å². The fourth-order valence-electron chi connectivity index (χ4n) is 2.24. The molecule has 22 heavy (non-hydrogen) atoms. The van der Waals surface area contributed by atoms with Crippen molar-refractivity contribution < 1.29 is 4.79 Å². The Bertz CT molecular complexity index is 705. The summed E-state index contributed by atoms with van der Waals surface area (Å²) in [5, 5.41) is 8.71. The molecule has 0 atom stereocenters. The highest BCUT2D eigenvalue weighted by molar-refractivity contribution is 7.82. The highest BCUT2D eigenvalue weighted by Crippen LogP contribution is 2.28. The Morgan fingerprint density at radius 2 is 1.45 bits per heavy atom. The van der Waals surface area contributed by atoms with Gasteiger partial charge in [0.25, 0.3) is 0 Å². The summed E-state index contributed by atoms with van der Waals surface area (Å²) in [6.07, 6.45) is 0. The van der Waals surface area contributed by atoms with E-state index in [1.54, 1.807) is 24.3 Å².